The molecule has 0 aliphatic carbocycles. The molecule has 0 atom stereocenters. The van der Waals surface area contributed by atoms with Crippen molar-refractivity contribution in [2.75, 3.05) is 4.90 Å². The van der Waals surface area contributed by atoms with E-state index in [-0.39, 0.29) is 0 Å². The van der Waals surface area contributed by atoms with E-state index in [1.54, 1.807) is 0 Å². The lowest BCUT2D eigenvalue weighted by molar-refractivity contribution is 0.669. The number of nitrogens with zero attached hydrogens (tertiary/aromatic N) is 1. The van der Waals surface area contributed by atoms with Crippen LogP contribution < -0.4 is 4.90 Å². The van der Waals surface area contributed by atoms with Gasteiger partial charge in [0.1, 0.15) is 11.2 Å². The van der Waals surface area contributed by atoms with Crippen LogP contribution in [-0.4, -0.2) is 0 Å². The Balaban J connectivity index is 1.06. The Hall–Kier alpha value is -8.20. The number of hydrogen-bond acceptors (Lipinski definition) is 2. The second-order valence-electron chi connectivity index (χ2n) is 15.6. The molecule has 62 heavy (non-hydrogen) atoms. The van der Waals surface area contributed by atoms with Gasteiger partial charge in [-0.25, -0.2) is 0 Å². The molecule has 0 saturated heterocycles. The second-order valence-corrected chi connectivity index (χ2v) is 15.6. The maximum Gasteiger partial charge on any atom is 0.137 e. The first-order chi connectivity index (χ1) is 30.8. The van der Waals surface area contributed by atoms with Crippen LogP contribution >= 0.6 is 0 Å². The van der Waals surface area contributed by atoms with Crippen LogP contribution in [0.2, 0.25) is 0 Å². The largest absolute Gasteiger partial charge is 0.456 e. The van der Waals surface area contributed by atoms with Crippen molar-refractivity contribution in [3.05, 3.63) is 249 Å². The van der Waals surface area contributed by atoms with E-state index in [4.69, 9.17) is 4.42 Å². The van der Waals surface area contributed by atoms with Crippen molar-refractivity contribution < 1.29 is 4.42 Å². The molecule has 10 aromatic carbocycles. The lowest BCUT2D eigenvalue weighted by atomic mass is 9.87. The van der Waals surface area contributed by atoms with Crippen molar-refractivity contribution in [2.45, 2.75) is 0 Å². The quantitative estimate of drug-likeness (QED) is 0.145. The van der Waals surface area contributed by atoms with Crippen LogP contribution in [0.1, 0.15) is 0 Å². The highest BCUT2D eigenvalue weighted by atomic mass is 16.3. The molecule has 11 aromatic rings. The third-order valence-electron chi connectivity index (χ3n) is 11.9. The van der Waals surface area contributed by atoms with Gasteiger partial charge < -0.3 is 9.32 Å². The second kappa shape index (κ2) is 16.1. The highest BCUT2D eigenvalue weighted by Crippen LogP contribution is 2.45. The summed E-state index contributed by atoms with van der Waals surface area (Å²) in [6.07, 6.45) is 0. The first kappa shape index (κ1) is 36.8. The molecular weight excluding hydrogens is 751 g/mol. The minimum atomic E-state index is 0.857. The van der Waals surface area contributed by atoms with E-state index < -0.39 is 0 Å². The van der Waals surface area contributed by atoms with Gasteiger partial charge in [-0.1, -0.05) is 200 Å². The van der Waals surface area contributed by atoms with Crippen molar-refractivity contribution in [3.63, 3.8) is 0 Å². The Bertz CT molecular complexity index is 3010. The number of anilines is 3. The van der Waals surface area contributed by atoms with Crippen molar-refractivity contribution in [1.29, 1.82) is 0 Å². The number of hydrogen-bond donors (Lipinski definition) is 0. The normalized spacial score (nSPS) is 11.2. The summed E-state index contributed by atoms with van der Waals surface area (Å²) in [5.41, 5.74) is 19.1. The molecule has 0 aliphatic heterocycles. The Morgan fingerprint density at radius 1 is 0.242 bits per heavy atom. The van der Waals surface area contributed by atoms with E-state index in [1.165, 1.54) is 55.6 Å². The predicted octanol–water partition coefficient (Wildman–Crippen LogP) is 17.1. The van der Waals surface area contributed by atoms with Crippen molar-refractivity contribution in [1.82, 2.24) is 0 Å². The molecular formula is C60H41NO. The van der Waals surface area contributed by atoms with Gasteiger partial charge in [-0.15, -0.1) is 0 Å². The molecule has 0 bridgehead atoms. The maximum absolute atomic E-state index is 6.46. The molecule has 1 aromatic heterocycles. The number of para-hydroxylation sites is 1. The van der Waals surface area contributed by atoms with Crippen LogP contribution in [-0.2, 0) is 0 Å². The van der Waals surface area contributed by atoms with Crippen LogP contribution in [0.15, 0.2) is 253 Å². The van der Waals surface area contributed by atoms with Crippen LogP contribution in [0.4, 0.5) is 17.1 Å². The molecule has 2 heteroatoms. The van der Waals surface area contributed by atoms with E-state index in [9.17, 15) is 0 Å². The third kappa shape index (κ3) is 6.84. The van der Waals surface area contributed by atoms with Gasteiger partial charge in [-0.3, -0.25) is 0 Å². The molecule has 0 unspecified atom stereocenters. The zero-order valence-corrected chi connectivity index (χ0v) is 34.0. The predicted molar refractivity (Wildman–Crippen MR) is 261 cm³/mol. The fourth-order valence-electron chi connectivity index (χ4n) is 9.01. The van der Waals surface area contributed by atoms with E-state index in [0.29, 0.717) is 0 Å². The minimum Gasteiger partial charge on any atom is -0.456 e. The molecule has 1 heterocycles. The Morgan fingerprint density at radius 3 is 1.02 bits per heavy atom. The van der Waals surface area contributed by atoms with E-state index in [1.807, 2.05) is 12.1 Å². The molecule has 0 radical (unpaired) electrons. The standard InChI is InChI=1S/C60H41NO/c1-5-17-42(18-6-1)51-26-15-27-52(43-19-7-2-8-20-43)59(51)46-31-35-48(36-32-46)61(50-39-40-56-55-25-13-14-30-57(55)62-58(56)41-50)49-37-33-47(34-38-49)60-53(44-21-9-3-10-22-44)28-16-29-54(60)45-23-11-4-12-24-45/h1-41H. The van der Waals surface area contributed by atoms with Crippen LogP contribution in [0.3, 0.4) is 0 Å². The third-order valence-corrected chi connectivity index (χ3v) is 11.9. The minimum absolute atomic E-state index is 0.857. The van der Waals surface area contributed by atoms with Crippen molar-refractivity contribution in [3.8, 4) is 66.8 Å². The Morgan fingerprint density at radius 2 is 0.597 bits per heavy atom. The number of furan rings is 1. The lowest BCUT2D eigenvalue weighted by Crippen LogP contribution is -2.09. The monoisotopic (exact) mass is 791 g/mol. The molecule has 0 amide bonds. The average molecular weight is 792 g/mol. The maximum atomic E-state index is 6.46. The van der Waals surface area contributed by atoms with Crippen LogP contribution in [0, 0.1) is 0 Å². The van der Waals surface area contributed by atoms with Crippen molar-refractivity contribution >= 4 is 39.0 Å². The van der Waals surface area contributed by atoms with Gasteiger partial charge in [0, 0.05) is 33.9 Å². The van der Waals surface area contributed by atoms with Crippen LogP contribution in [0.25, 0.3) is 88.7 Å². The molecule has 0 N–H and O–H groups in total. The number of rotatable bonds is 9. The highest BCUT2D eigenvalue weighted by Gasteiger charge is 2.20. The zero-order chi connectivity index (χ0) is 41.2. The van der Waals surface area contributed by atoms with Gasteiger partial charge in [-0.05, 0) is 109 Å². The first-order valence-electron chi connectivity index (χ1n) is 21.2. The zero-order valence-electron chi connectivity index (χ0n) is 34.0. The van der Waals surface area contributed by atoms with E-state index >= 15 is 0 Å². The molecule has 2 nitrogen and oxygen atoms in total. The van der Waals surface area contributed by atoms with E-state index in [2.05, 4.69) is 241 Å². The summed E-state index contributed by atoms with van der Waals surface area (Å²) in [5, 5.41) is 2.22. The van der Waals surface area contributed by atoms with Gasteiger partial charge >= 0.3 is 0 Å². The summed E-state index contributed by atoms with van der Waals surface area (Å²) in [6, 6.07) is 89.0. The molecule has 11 rings (SSSR count). The average Bonchev–Trinajstić information content (AvgIpc) is 3.73. The smallest absolute Gasteiger partial charge is 0.137 e. The number of benzene rings is 10. The van der Waals surface area contributed by atoms with Gasteiger partial charge in [-0.2, -0.15) is 0 Å². The highest BCUT2D eigenvalue weighted by molar-refractivity contribution is 6.06. The summed E-state index contributed by atoms with van der Waals surface area (Å²) < 4.78 is 6.46. The van der Waals surface area contributed by atoms with Gasteiger partial charge in [0.05, 0.1) is 0 Å². The van der Waals surface area contributed by atoms with Gasteiger partial charge in [0.15, 0.2) is 0 Å². The number of fused-ring (bicyclic) bond motifs is 3. The van der Waals surface area contributed by atoms with Gasteiger partial charge in [0.25, 0.3) is 0 Å². The molecule has 0 saturated carbocycles. The summed E-state index contributed by atoms with van der Waals surface area (Å²) in [6.45, 7) is 0. The summed E-state index contributed by atoms with van der Waals surface area (Å²) in [4.78, 5) is 2.34. The fraction of sp³-hybridized carbons (Fsp3) is 0. The Labute approximate surface area is 362 Å². The Kier molecular flexibility index (Phi) is 9.57. The summed E-state index contributed by atoms with van der Waals surface area (Å²) >= 11 is 0. The fourth-order valence-corrected chi connectivity index (χ4v) is 9.01. The molecule has 0 aliphatic rings. The topological polar surface area (TPSA) is 16.4 Å². The van der Waals surface area contributed by atoms with Gasteiger partial charge in [0.2, 0.25) is 0 Å². The molecule has 0 spiro atoms. The lowest BCUT2D eigenvalue weighted by Gasteiger charge is -2.26. The molecule has 292 valence electrons. The molecule has 0 fully saturated rings. The van der Waals surface area contributed by atoms with Crippen molar-refractivity contribution in [2.24, 2.45) is 0 Å². The first-order valence-corrected chi connectivity index (χ1v) is 21.2. The SMILES string of the molecule is c1ccc(-c2cccc(-c3ccccc3)c2-c2ccc(N(c3ccc(-c4c(-c5ccccc5)cccc4-c4ccccc4)cc3)c3ccc4c(c3)oc3ccccc34)cc2)cc1. The summed E-state index contributed by atoms with van der Waals surface area (Å²) in [5.74, 6) is 0. The summed E-state index contributed by atoms with van der Waals surface area (Å²) in [7, 11) is 0. The van der Waals surface area contributed by atoms with Crippen LogP contribution in [0.5, 0.6) is 0 Å². The van der Waals surface area contributed by atoms with E-state index in [0.717, 1.165) is 50.1 Å².